The number of aromatic carboxylic acids is 1. The molecule has 0 aliphatic carbocycles. The molecule has 0 fully saturated rings. The molecule has 0 aliphatic heterocycles. The van der Waals surface area contributed by atoms with Crippen LogP contribution < -0.4 is 0 Å². The fraction of sp³-hybridized carbons (Fsp3) is 0.500. The predicted octanol–water partition coefficient (Wildman–Crippen LogP) is 2.72. The van der Waals surface area contributed by atoms with E-state index in [1.54, 1.807) is 12.1 Å². The van der Waals surface area contributed by atoms with Gasteiger partial charge in [0, 0.05) is 6.61 Å². The van der Waals surface area contributed by atoms with Crippen molar-refractivity contribution in [3.63, 3.8) is 0 Å². The maximum absolute atomic E-state index is 10.7. The molecule has 1 atom stereocenters. The lowest BCUT2D eigenvalue weighted by Gasteiger charge is -2.15. The van der Waals surface area contributed by atoms with Gasteiger partial charge in [-0.15, -0.1) is 0 Å². The van der Waals surface area contributed by atoms with Crippen LogP contribution in [0.5, 0.6) is 0 Å². The van der Waals surface area contributed by atoms with E-state index in [1.165, 1.54) is 0 Å². The third-order valence-corrected chi connectivity index (χ3v) is 2.58. The van der Waals surface area contributed by atoms with Gasteiger partial charge in [-0.1, -0.05) is 19.1 Å². The van der Waals surface area contributed by atoms with Gasteiger partial charge < -0.3 is 14.6 Å². The molecular formula is C14H20O4. The second-order valence-electron chi connectivity index (χ2n) is 3.92. The average molecular weight is 252 g/mol. The summed E-state index contributed by atoms with van der Waals surface area (Å²) in [6, 6.07) is 6.85. The van der Waals surface area contributed by atoms with Gasteiger partial charge in [0.1, 0.15) is 0 Å². The van der Waals surface area contributed by atoms with Crippen molar-refractivity contribution in [2.24, 2.45) is 0 Å². The molecule has 1 unspecified atom stereocenters. The molecule has 100 valence electrons. The lowest BCUT2D eigenvalue weighted by Crippen LogP contribution is -2.17. The van der Waals surface area contributed by atoms with Gasteiger partial charge in [0.05, 0.1) is 12.2 Å². The summed E-state index contributed by atoms with van der Waals surface area (Å²) in [5, 5.41) is 8.77. The van der Waals surface area contributed by atoms with Gasteiger partial charge >= 0.3 is 5.97 Å². The van der Waals surface area contributed by atoms with Crippen molar-refractivity contribution in [2.45, 2.75) is 33.0 Å². The van der Waals surface area contributed by atoms with E-state index in [1.807, 2.05) is 26.0 Å². The normalized spacial score (nSPS) is 12.3. The van der Waals surface area contributed by atoms with Crippen molar-refractivity contribution in [1.29, 1.82) is 0 Å². The minimum atomic E-state index is -0.903. The van der Waals surface area contributed by atoms with E-state index in [0.717, 1.165) is 18.4 Å². The van der Waals surface area contributed by atoms with Crippen LogP contribution in [0, 0.1) is 0 Å². The van der Waals surface area contributed by atoms with Gasteiger partial charge in [0.25, 0.3) is 0 Å². The first-order valence-electron chi connectivity index (χ1n) is 6.22. The van der Waals surface area contributed by atoms with Gasteiger partial charge in [0.15, 0.2) is 6.29 Å². The standard InChI is InChI=1S/C14H20O4/c1-3-13(17-4-2)18-10-9-11-5-7-12(8-6-11)14(15)16/h5-8,13H,3-4,9-10H2,1-2H3,(H,15,16). The first-order chi connectivity index (χ1) is 8.67. The van der Waals surface area contributed by atoms with Crippen LogP contribution in [0.2, 0.25) is 0 Å². The monoisotopic (exact) mass is 252 g/mol. The van der Waals surface area contributed by atoms with E-state index in [2.05, 4.69) is 0 Å². The Bertz CT molecular complexity index is 359. The second-order valence-corrected chi connectivity index (χ2v) is 3.92. The van der Waals surface area contributed by atoms with Gasteiger partial charge in [-0.25, -0.2) is 4.79 Å². The average Bonchev–Trinajstić information content (AvgIpc) is 2.38. The molecule has 18 heavy (non-hydrogen) atoms. The summed E-state index contributed by atoms with van der Waals surface area (Å²) in [5.41, 5.74) is 1.37. The Labute approximate surface area is 108 Å². The van der Waals surface area contributed by atoms with Crippen LogP contribution in [0.4, 0.5) is 0 Å². The van der Waals surface area contributed by atoms with Gasteiger partial charge in [-0.3, -0.25) is 0 Å². The van der Waals surface area contributed by atoms with Gasteiger partial charge in [-0.2, -0.15) is 0 Å². The Morgan fingerprint density at radius 2 is 1.89 bits per heavy atom. The topological polar surface area (TPSA) is 55.8 Å². The zero-order valence-electron chi connectivity index (χ0n) is 10.9. The highest BCUT2D eigenvalue weighted by Crippen LogP contribution is 2.07. The number of rotatable bonds is 8. The summed E-state index contributed by atoms with van der Waals surface area (Å²) in [4.78, 5) is 10.7. The molecule has 4 heteroatoms. The molecule has 1 N–H and O–H groups in total. The van der Waals surface area contributed by atoms with E-state index >= 15 is 0 Å². The van der Waals surface area contributed by atoms with Crippen molar-refractivity contribution < 1.29 is 19.4 Å². The first kappa shape index (κ1) is 14.7. The minimum absolute atomic E-state index is 0.145. The van der Waals surface area contributed by atoms with Gasteiger partial charge in [0.2, 0.25) is 0 Å². The van der Waals surface area contributed by atoms with E-state index in [-0.39, 0.29) is 6.29 Å². The van der Waals surface area contributed by atoms with Crippen LogP contribution in [0.1, 0.15) is 36.2 Å². The number of hydrogen-bond donors (Lipinski definition) is 1. The third kappa shape index (κ3) is 4.85. The summed E-state index contributed by atoms with van der Waals surface area (Å²) in [6.07, 6.45) is 1.43. The first-order valence-corrected chi connectivity index (χ1v) is 6.22. The van der Waals surface area contributed by atoms with Crippen LogP contribution in [-0.4, -0.2) is 30.6 Å². The van der Waals surface area contributed by atoms with Crippen molar-refractivity contribution in [1.82, 2.24) is 0 Å². The van der Waals surface area contributed by atoms with Crippen molar-refractivity contribution >= 4 is 5.97 Å². The molecule has 0 saturated carbocycles. The molecule has 0 aromatic heterocycles. The maximum atomic E-state index is 10.7. The molecule has 4 nitrogen and oxygen atoms in total. The summed E-state index contributed by atoms with van der Waals surface area (Å²) >= 11 is 0. The highest BCUT2D eigenvalue weighted by atomic mass is 16.7. The number of carboxylic acid groups (broad SMARTS) is 1. The van der Waals surface area contributed by atoms with Crippen molar-refractivity contribution in [2.75, 3.05) is 13.2 Å². The van der Waals surface area contributed by atoms with Crippen LogP contribution in [0.3, 0.4) is 0 Å². The summed E-state index contributed by atoms with van der Waals surface area (Å²) in [5.74, 6) is -0.903. The predicted molar refractivity (Wildman–Crippen MR) is 68.8 cm³/mol. The Balaban J connectivity index is 2.37. The smallest absolute Gasteiger partial charge is 0.335 e. The highest BCUT2D eigenvalue weighted by Gasteiger charge is 2.06. The summed E-state index contributed by atoms with van der Waals surface area (Å²) < 4.78 is 11.0. The molecule has 0 saturated heterocycles. The van der Waals surface area contributed by atoms with E-state index in [4.69, 9.17) is 14.6 Å². The number of hydrogen-bond acceptors (Lipinski definition) is 3. The van der Waals surface area contributed by atoms with Crippen LogP contribution >= 0.6 is 0 Å². The van der Waals surface area contributed by atoms with Crippen molar-refractivity contribution in [3.8, 4) is 0 Å². The lowest BCUT2D eigenvalue weighted by atomic mass is 10.1. The fourth-order valence-electron chi connectivity index (χ4n) is 1.59. The molecule has 0 radical (unpaired) electrons. The minimum Gasteiger partial charge on any atom is -0.478 e. The second kappa shape index (κ2) is 7.84. The summed E-state index contributed by atoms with van der Waals surface area (Å²) in [6.45, 7) is 5.18. The lowest BCUT2D eigenvalue weighted by molar-refractivity contribution is -0.139. The van der Waals surface area contributed by atoms with Crippen molar-refractivity contribution in [3.05, 3.63) is 35.4 Å². The number of benzene rings is 1. The quantitative estimate of drug-likeness (QED) is 0.723. The summed E-state index contributed by atoms with van der Waals surface area (Å²) in [7, 11) is 0. The van der Waals surface area contributed by atoms with Crippen LogP contribution in [0.15, 0.2) is 24.3 Å². The Kier molecular flexibility index (Phi) is 6.39. The molecule has 1 rings (SSSR count). The molecule has 0 bridgehead atoms. The molecule has 0 amide bonds. The fourth-order valence-corrected chi connectivity index (χ4v) is 1.59. The SMILES string of the molecule is CCOC(CC)OCCc1ccc(C(=O)O)cc1. The Morgan fingerprint density at radius 1 is 1.22 bits per heavy atom. The van der Waals surface area contributed by atoms with Crippen LogP contribution in [0.25, 0.3) is 0 Å². The third-order valence-electron chi connectivity index (χ3n) is 2.58. The molecule has 1 aromatic rings. The molecular weight excluding hydrogens is 232 g/mol. The molecule has 0 aliphatic rings. The maximum Gasteiger partial charge on any atom is 0.335 e. The number of ether oxygens (including phenoxy) is 2. The number of carbonyl (C=O) groups is 1. The van der Waals surface area contributed by atoms with Crippen LogP contribution in [-0.2, 0) is 15.9 Å². The molecule has 0 spiro atoms. The largest absolute Gasteiger partial charge is 0.478 e. The zero-order chi connectivity index (χ0) is 13.4. The van der Waals surface area contributed by atoms with Gasteiger partial charge in [-0.05, 0) is 37.5 Å². The van der Waals surface area contributed by atoms with E-state index in [0.29, 0.717) is 18.8 Å². The Hall–Kier alpha value is -1.39. The van der Waals surface area contributed by atoms with E-state index in [9.17, 15) is 4.79 Å². The Morgan fingerprint density at radius 3 is 2.39 bits per heavy atom. The molecule has 0 heterocycles. The zero-order valence-corrected chi connectivity index (χ0v) is 10.9. The van der Waals surface area contributed by atoms with E-state index < -0.39 is 5.97 Å². The highest BCUT2D eigenvalue weighted by molar-refractivity contribution is 5.87. The molecule has 1 aromatic carbocycles. The number of carboxylic acids is 1.